The lowest BCUT2D eigenvalue weighted by atomic mass is 9.99. The molecule has 0 spiro atoms. The van der Waals surface area contributed by atoms with Crippen LogP contribution in [0.3, 0.4) is 0 Å². The highest BCUT2D eigenvalue weighted by Gasteiger charge is 2.18. The van der Waals surface area contributed by atoms with Crippen molar-refractivity contribution in [2.45, 2.75) is 19.4 Å². The van der Waals surface area contributed by atoms with Crippen LogP contribution in [-0.2, 0) is 11.4 Å². The van der Waals surface area contributed by atoms with E-state index < -0.39 is 5.92 Å². The molecule has 1 unspecified atom stereocenters. The summed E-state index contributed by atoms with van der Waals surface area (Å²) in [6.45, 7) is 1.57. The van der Waals surface area contributed by atoms with Crippen LogP contribution in [0.1, 0.15) is 24.0 Å². The van der Waals surface area contributed by atoms with Crippen molar-refractivity contribution >= 4 is 11.6 Å². The molecule has 0 saturated heterocycles. The Labute approximate surface area is 117 Å². The normalized spacial score (nSPS) is 11.9. The molecule has 104 valence electrons. The van der Waals surface area contributed by atoms with Crippen LogP contribution in [0.2, 0.25) is 0 Å². The predicted octanol–water partition coefficient (Wildman–Crippen LogP) is 3.06. The molecule has 3 nitrogen and oxygen atoms in total. The Balaban J connectivity index is 2.13. The summed E-state index contributed by atoms with van der Waals surface area (Å²) < 4.78 is 13.6. The van der Waals surface area contributed by atoms with Gasteiger partial charge in [-0.05, 0) is 36.2 Å². The van der Waals surface area contributed by atoms with Crippen molar-refractivity contribution in [3.8, 4) is 0 Å². The molecule has 1 amide bonds. The van der Waals surface area contributed by atoms with Gasteiger partial charge in [-0.2, -0.15) is 0 Å². The molecule has 2 aromatic rings. The van der Waals surface area contributed by atoms with Crippen LogP contribution in [0.4, 0.5) is 10.1 Å². The standard InChI is InChI=1S/C16H16FNO2/c1-11(14-7-2-3-8-15(14)17)16(20)18-13-6-4-5-12(9-13)10-19/h2-9,11,19H,10H2,1H3,(H,18,20). The number of hydrogen-bond donors (Lipinski definition) is 2. The summed E-state index contributed by atoms with van der Waals surface area (Å²) in [5.41, 5.74) is 1.66. The third-order valence-electron chi connectivity index (χ3n) is 3.14. The average Bonchev–Trinajstić information content (AvgIpc) is 2.47. The quantitative estimate of drug-likeness (QED) is 0.899. The molecular weight excluding hydrogens is 257 g/mol. The first-order valence-corrected chi connectivity index (χ1v) is 6.37. The number of carbonyl (C=O) groups is 1. The Bertz CT molecular complexity index is 613. The SMILES string of the molecule is CC(C(=O)Nc1cccc(CO)c1)c1ccccc1F. The third kappa shape index (κ3) is 3.22. The summed E-state index contributed by atoms with van der Waals surface area (Å²) in [4.78, 5) is 12.1. The topological polar surface area (TPSA) is 49.3 Å². The van der Waals surface area contributed by atoms with Gasteiger partial charge in [0, 0.05) is 5.69 Å². The van der Waals surface area contributed by atoms with Gasteiger partial charge in [0.25, 0.3) is 0 Å². The second kappa shape index (κ2) is 6.30. The molecule has 0 aromatic heterocycles. The van der Waals surface area contributed by atoms with Gasteiger partial charge in [0.1, 0.15) is 5.82 Å². The fourth-order valence-corrected chi connectivity index (χ4v) is 1.97. The zero-order valence-electron chi connectivity index (χ0n) is 11.1. The molecule has 2 N–H and O–H groups in total. The highest BCUT2D eigenvalue weighted by Crippen LogP contribution is 2.21. The summed E-state index contributed by atoms with van der Waals surface area (Å²) >= 11 is 0. The van der Waals surface area contributed by atoms with E-state index in [2.05, 4.69) is 5.32 Å². The average molecular weight is 273 g/mol. The zero-order chi connectivity index (χ0) is 14.5. The van der Waals surface area contributed by atoms with Gasteiger partial charge in [-0.1, -0.05) is 30.3 Å². The van der Waals surface area contributed by atoms with Crippen molar-refractivity contribution in [1.82, 2.24) is 0 Å². The largest absolute Gasteiger partial charge is 0.392 e. The molecule has 0 bridgehead atoms. The van der Waals surface area contributed by atoms with Crippen LogP contribution < -0.4 is 5.32 Å². The third-order valence-corrected chi connectivity index (χ3v) is 3.14. The minimum absolute atomic E-state index is 0.0907. The Hall–Kier alpha value is -2.20. The molecule has 0 fully saturated rings. The minimum Gasteiger partial charge on any atom is -0.392 e. The molecule has 0 radical (unpaired) electrons. The first kappa shape index (κ1) is 14.2. The fourth-order valence-electron chi connectivity index (χ4n) is 1.97. The Kier molecular flexibility index (Phi) is 4.48. The Morgan fingerprint density at radius 1 is 1.25 bits per heavy atom. The van der Waals surface area contributed by atoms with Gasteiger partial charge in [-0.15, -0.1) is 0 Å². The summed E-state index contributed by atoms with van der Waals surface area (Å²) in [5, 5.41) is 11.8. The first-order valence-electron chi connectivity index (χ1n) is 6.37. The highest BCUT2D eigenvalue weighted by atomic mass is 19.1. The van der Waals surface area contributed by atoms with Crippen LogP contribution in [0, 0.1) is 5.82 Å². The van der Waals surface area contributed by atoms with Crippen molar-refractivity contribution in [3.63, 3.8) is 0 Å². The maximum atomic E-state index is 13.6. The molecule has 4 heteroatoms. The molecule has 0 saturated carbocycles. The fraction of sp³-hybridized carbons (Fsp3) is 0.188. The summed E-state index contributed by atoms with van der Waals surface area (Å²) in [6.07, 6.45) is 0. The number of benzene rings is 2. The molecule has 0 aliphatic carbocycles. The van der Waals surface area contributed by atoms with Crippen molar-refractivity contribution in [2.75, 3.05) is 5.32 Å². The molecule has 2 rings (SSSR count). The lowest BCUT2D eigenvalue weighted by Gasteiger charge is -2.13. The smallest absolute Gasteiger partial charge is 0.231 e. The Morgan fingerprint density at radius 2 is 2.00 bits per heavy atom. The number of aliphatic hydroxyl groups is 1. The van der Waals surface area contributed by atoms with Gasteiger partial charge < -0.3 is 10.4 Å². The first-order chi connectivity index (χ1) is 9.61. The lowest BCUT2D eigenvalue weighted by Crippen LogP contribution is -2.19. The van der Waals surface area contributed by atoms with Crippen LogP contribution >= 0.6 is 0 Å². The van der Waals surface area contributed by atoms with Crippen molar-refractivity contribution in [1.29, 1.82) is 0 Å². The van der Waals surface area contributed by atoms with Gasteiger partial charge in [-0.3, -0.25) is 4.79 Å². The number of anilines is 1. The number of nitrogens with one attached hydrogen (secondary N) is 1. The number of halogens is 1. The maximum Gasteiger partial charge on any atom is 0.231 e. The van der Waals surface area contributed by atoms with E-state index in [1.165, 1.54) is 6.07 Å². The number of carbonyl (C=O) groups excluding carboxylic acids is 1. The Morgan fingerprint density at radius 3 is 2.70 bits per heavy atom. The predicted molar refractivity (Wildman–Crippen MR) is 75.8 cm³/mol. The van der Waals surface area contributed by atoms with E-state index >= 15 is 0 Å². The van der Waals surface area contributed by atoms with Gasteiger partial charge in [0.2, 0.25) is 5.91 Å². The second-order valence-corrected chi connectivity index (χ2v) is 4.59. The van der Waals surface area contributed by atoms with Crippen molar-refractivity contribution < 1.29 is 14.3 Å². The molecule has 0 aliphatic heterocycles. The van der Waals surface area contributed by atoms with E-state index in [-0.39, 0.29) is 18.3 Å². The summed E-state index contributed by atoms with van der Waals surface area (Å²) in [6, 6.07) is 13.2. The van der Waals surface area contributed by atoms with Crippen LogP contribution in [0.5, 0.6) is 0 Å². The monoisotopic (exact) mass is 273 g/mol. The summed E-state index contributed by atoms with van der Waals surface area (Å²) in [7, 11) is 0. The van der Waals surface area contributed by atoms with E-state index in [0.717, 1.165) is 0 Å². The molecule has 1 atom stereocenters. The van der Waals surface area contributed by atoms with Crippen LogP contribution in [0.25, 0.3) is 0 Å². The van der Waals surface area contributed by atoms with E-state index in [4.69, 9.17) is 5.11 Å². The second-order valence-electron chi connectivity index (χ2n) is 4.59. The molecule has 0 heterocycles. The van der Waals surface area contributed by atoms with Crippen LogP contribution in [0.15, 0.2) is 48.5 Å². The van der Waals surface area contributed by atoms with Gasteiger partial charge in [0.15, 0.2) is 0 Å². The maximum absolute atomic E-state index is 13.6. The summed E-state index contributed by atoms with van der Waals surface area (Å²) in [5.74, 6) is -1.27. The zero-order valence-corrected chi connectivity index (χ0v) is 11.1. The lowest BCUT2D eigenvalue weighted by molar-refractivity contribution is -0.117. The number of hydrogen-bond acceptors (Lipinski definition) is 2. The van der Waals surface area contributed by atoms with E-state index in [9.17, 15) is 9.18 Å². The van der Waals surface area contributed by atoms with E-state index in [1.807, 2.05) is 0 Å². The number of rotatable bonds is 4. The van der Waals surface area contributed by atoms with E-state index in [1.54, 1.807) is 49.4 Å². The van der Waals surface area contributed by atoms with Gasteiger partial charge >= 0.3 is 0 Å². The highest BCUT2D eigenvalue weighted by molar-refractivity contribution is 5.95. The molecule has 2 aromatic carbocycles. The van der Waals surface area contributed by atoms with E-state index in [0.29, 0.717) is 16.8 Å². The number of amides is 1. The minimum atomic E-state index is -0.589. The number of aliphatic hydroxyl groups excluding tert-OH is 1. The molecule has 0 aliphatic rings. The van der Waals surface area contributed by atoms with Gasteiger partial charge in [-0.25, -0.2) is 4.39 Å². The van der Waals surface area contributed by atoms with Crippen molar-refractivity contribution in [2.24, 2.45) is 0 Å². The molecular formula is C16H16FNO2. The molecule has 20 heavy (non-hydrogen) atoms. The van der Waals surface area contributed by atoms with Gasteiger partial charge in [0.05, 0.1) is 12.5 Å². The van der Waals surface area contributed by atoms with Crippen molar-refractivity contribution in [3.05, 3.63) is 65.5 Å². The van der Waals surface area contributed by atoms with Crippen LogP contribution in [-0.4, -0.2) is 11.0 Å².